The van der Waals surface area contributed by atoms with Crippen LogP contribution in [0.3, 0.4) is 0 Å². The Bertz CT molecular complexity index is 2260. The molecule has 1 fully saturated rings. The van der Waals surface area contributed by atoms with Gasteiger partial charge in [-0.2, -0.15) is 8.42 Å². The van der Waals surface area contributed by atoms with Crippen LogP contribution in [-0.2, 0) is 21.3 Å². The highest BCUT2D eigenvalue weighted by molar-refractivity contribution is 7.85. The van der Waals surface area contributed by atoms with Gasteiger partial charge in [-0.1, -0.05) is 84.4 Å². The van der Waals surface area contributed by atoms with Crippen LogP contribution in [0.15, 0.2) is 113 Å². The Balaban J connectivity index is 0.000000141. The van der Waals surface area contributed by atoms with Crippen molar-refractivity contribution in [3.63, 3.8) is 0 Å². The summed E-state index contributed by atoms with van der Waals surface area (Å²) >= 11 is 0. The van der Waals surface area contributed by atoms with Crippen LogP contribution in [0, 0.1) is 34.6 Å². The number of hydrogen-bond acceptors (Lipinski definition) is 5. The van der Waals surface area contributed by atoms with E-state index in [1.165, 1.54) is 68.6 Å². The molecular weight excluding hydrogens is 655 g/mol. The fraction of sp³-hybridized carbons (Fsp3) is 0.256. The Hall–Kier alpha value is -4.89. The van der Waals surface area contributed by atoms with Gasteiger partial charge in [-0.3, -0.25) is 9.55 Å². The molecule has 2 aliphatic heterocycles. The largest absolute Gasteiger partial charge is 0.358 e. The molecule has 1 saturated heterocycles. The van der Waals surface area contributed by atoms with Crippen molar-refractivity contribution in [2.75, 3.05) is 6.61 Å². The Morgan fingerprint density at radius 1 is 0.725 bits per heavy atom. The van der Waals surface area contributed by atoms with Crippen molar-refractivity contribution in [3.05, 3.63) is 137 Å². The summed E-state index contributed by atoms with van der Waals surface area (Å²) in [5.74, 6) is 0. The summed E-state index contributed by atoms with van der Waals surface area (Å²) in [6.45, 7) is 11.4. The Labute approximate surface area is 301 Å². The lowest BCUT2D eigenvalue weighted by Gasteiger charge is -2.24. The molecule has 3 heterocycles. The molecule has 1 N–H and O–H groups in total. The van der Waals surface area contributed by atoms with Gasteiger partial charge in [-0.05, 0) is 111 Å². The van der Waals surface area contributed by atoms with Crippen LogP contribution >= 0.6 is 0 Å². The minimum absolute atomic E-state index is 0.0666. The average molecular weight is 700 g/mol. The predicted octanol–water partition coefficient (Wildman–Crippen LogP) is 10.5. The highest BCUT2D eigenvalue weighted by Gasteiger charge is 2.20. The third kappa shape index (κ3) is 8.04. The summed E-state index contributed by atoms with van der Waals surface area (Å²) in [5.41, 5.74) is 16.0. The number of rotatable bonds is 4. The summed E-state index contributed by atoms with van der Waals surface area (Å²) in [4.78, 5) is 9.20. The van der Waals surface area contributed by atoms with Crippen molar-refractivity contribution in [2.24, 2.45) is 4.99 Å². The highest BCUT2D eigenvalue weighted by Crippen LogP contribution is 2.39. The smallest absolute Gasteiger partial charge is 0.294 e. The summed E-state index contributed by atoms with van der Waals surface area (Å²) in [7, 11) is -4.02. The third-order valence-corrected chi connectivity index (χ3v) is 10.4. The zero-order chi connectivity index (χ0) is 36.1. The molecule has 51 heavy (non-hydrogen) atoms. The lowest BCUT2D eigenvalue weighted by atomic mass is 9.93. The molecular formula is C43H45N3O4S. The van der Waals surface area contributed by atoms with Crippen LogP contribution in [0.25, 0.3) is 33.3 Å². The van der Waals surface area contributed by atoms with Crippen LogP contribution in [-0.4, -0.2) is 35.3 Å². The predicted molar refractivity (Wildman–Crippen MR) is 208 cm³/mol. The maximum absolute atomic E-state index is 10.5. The lowest BCUT2D eigenvalue weighted by Crippen LogP contribution is -2.17. The van der Waals surface area contributed by atoms with E-state index in [2.05, 4.69) is 110 Å². The number of imidazole rings is 1. The van der Waals surface area contributed by atoms with Gasteiger partial charge in [0.25, 0.3) is 10.1 Å². The van der Waals surface area contributed by atoms with Gasteiger partial charge in [0.1, 0.15) is 6.23 Å². The van der Waals surface area contributed by atoms with Crippen LogP contribution < -0.4 is 0 Å². The monoisotopic (exact) mass is 699 g/mol. The Morgan fingerprint density at radius 2 is 1.31 bits per heavy atom. The van der Waals surface area contributed by atoms with Crippen LogP contribution in [0.4, 0.5) is 5.69 Å². The second kappa shape index (κ2) is 15.6. The first-order valence-corrected chi connectivity index (χ1v) is 18.9. The molecule has 1 atom stereocenters. The van der Waals surface area contributed by atoms with Gasteiger partial charge in [0, 0.05) is 30.4 Å². The summed E-state index contributed by atoms with van der Waals surface area (Å²) in [6.07, 6.45) is 8.49. The van der Waals surface area contributed by atoms with E-state index in [0.29, 0.717) is 0 Å². The molecule has 1 unspecified atom stereocenters. The maximum Gasteiger partial charge on any atom is 0.294 e. The van der Waals surface area contributed by atoms with Crippen molar-refractivity contribution in [1.29, 1.82) is 0 Å². The number of nitrogens with zero attached hydrogens (tertiary/aromatic N) is 3. The van der Waals surface area contributed by atoms with Crippen molar-refractivity contribution < 1.29 is 17.7 Å². The average Bonchev–Trinajstić information content (AvgIpc) is 3.78. The number of ether oxygens (including phenoxy) is 1. The minimum atomic E-state index is -4.02. The molecule has 7 nitrogen and oxygen atoms in total. The number of aromatic nitrogens is 2. The normalized spacial score (nSPS) is 15.1. The molecule has 0 aliphatic carbocycles. The lowest BCUT2D eigenvalue weighted by molar-refractivity contribution is -0.0295. The quantitative estimate of drug-likeness (QED) is 0.185. The summed E-state index contributed by atoms with van der Waals surface area (Å²) in [6, 6.07) is 31.8. The number of para-hydroxylation sites is 2. The van der Waals surface area contributed by atoms with Crippen molar-refractivity contribution in [2.45, 2.75) is 71.4 Å². The number of aliphatic imine (C=N–C) groups is 1. The molecule has 0 spiro atoms. The van der Waals surface area contributed by atoms with Crippen LogP contribution in [0.5, 0.6) is 0 Å². The van der Waals surface area contributed by atoms with E-state index in [1.807, 2.05) is 19.5 Å². The van der Waals surface area contributed by atoms with Gasteiger partial charge in [-0.15, -0.1) is 0 Å². The third-order valence-electron chi connectivity index (χ3n) is 9.54. The molecule has 6 aromatic rings. The van der Waals surface area contributed by atoms with Crippen molar-refractivity contribution in [3.8, 4) is 22.3 Å². The van der Waals surface area contributed by atoms with E-state index in [1.54, 1.807) is 12.1 Å². The molecule has 0 saturated carbocycles. The standard InChI is InChI=1S/C20H22N2O.C16H15N.C7H8O3S/c1-14-7-5-8-15(2)19(14)16-9-6-10-17-20(16)21-13-22(17)18-11-3-4-12-23-18;1-11-5-3-6-12(2)15(11)14-8-4-7-13-9-10-17-16(13)14;1-6-2-4-7(5-3-6)11(8,9)10/h5-10,13,18H,3-4,11-12H2,1-2H3;3-8,10H,9H2,1-2H3;2-5H,1H3,(H,8,9,10). The number of aryl methyl sites for hydroxylation is 5. The molecule has 262 valence electrons. The fourth-order valence-electron chi connectivity index (χ4n) is 6.97. The zero-order valence-corrected chi connectivity index (χ0v) is 30.7. The van der Waals surface area contributed by atoms with Crippen molar-refractivity contribution >= 4 is 33.1 Å². The molecule has 2 aliphatic rings. The van der Waals surface area contributed by atoms with E-state index < -0.39 is 10.1 Å². The van der Waals surface area contributed by atoms with Gasteiger partial charge in [-0.25, -0.2) is 4.98 Å². The molecule has 1 aromatic heterocycles. The summed E-state index contributed by atoms with van der Waals surface area (Å²) in [5, 5.41) is 0. The van der Waals surface area contributed by atoms with Gasteiger partial charge >= 0.3 is 0 Å². The molecule has 8 rings (SSSR count). The maximum atomic E-state index is 10.5. The topological polar surface area (TPSA) is 93.8 Å². The molecule has 8 heteroatoms. The first-order chi connectivity index (χ1) is 24.5. The van der Waals surface area contributed by atoms with Gasteiger partial charge < -0.3 is 9.30 Å². The zero-order valence-electron chi connectivity index (χ0n) is 29.9. The SMILES string of the molecule is Cc1ccc(S(=O)(=O)O)cc1.Cc1cccc(C)c1-c1cccc2c1N=CC2.Cc1cccc(C)c1-c1cccc2c1ncn2C1CCCCO1. The molecule has 0 amide bonds. The van der Waals surface area contributed by atoms with E-state index in [-0.39, 0.29) is 11.1 Å². The van der Waals surface area contributed by atoms with Gasteiger partial charge in [0.05, 0.1) is 27.9 Å². The number of benzene rings is 5. The van der Waals surface area contributed by atoms with E-state index in [9.17, 15) is 8.42 Å². The van der Waals surface area contributed by atoms with Gasteiger partial charge in [0.2, 0.25) is 0 Å². The van der Waals surface area contributed by atoms with Crippen molar-refractivity contribution in [1.82, 2.24) is 9.55 Å². The van der Waals surface area contributed by atoms with Crippen LogP contribution in [0.2, 0.25) is 0 Å². The van der Waals surface area contributed by atoms with E-state index in [4.69, 9.17) is 14.3 Å². The molecule has 0 bridgehead atoms. The Kier molecular flexibility index (Phi) is 11.0. The first-order valence-electron chi connectivity index (χ1n) is 17.4. The van der Waals surface area contributed by atoms with Crippen LogP contribution in [0.1, 0.15) is 58.9 Å². The number of hydrogen-bond donors (Lipinski definition) is 1. The molecule has 0 radical (unpaired) electrons. The fourth-order valence-corrected chi connectivity index (χ4v) is 7.45. The molecule has 5 aromatic carbocycles. The first kappa shape index (κ1) is 35.9. The minimum Gasteiger partial charge on any atom is -0.358 e. The second-order valence-corrected chi connectivity index (χ2v) is 14.7. The van der Waals surface area contributed by atoms with E-state index in [0.717, 1.165) is 48.2 Å². The van der Waals surface area contributed by atoms with E-state index >= 15 is 0 Å². The Morgan fingerprint density at radius 3 is 1.92 bits per heavy atom. The van der Waals surface area contributed by atoms with Gasteiger partial charge in [0.15, 0.2) is 0 Å². The second-order valence-electron chi connectivity index (χ2n) is 13.3. The number of fused-ring (bicyclic) bond motifs is 2. The summed E-state index contributed by atoms with van der Waals surface area (Å²) < 4.78 is 37.7. The highest BCUT2D eigenvalue weighted by atomic mass is 32.2.